The van der Waals surface area contributed by atoms with Crippen LogP contribution in [0.3, 0.4) is 0 Å². The van der Waals surface area contributed by atoms with Crippen LogP contribution in [0.5, 0.6) is 0 Å². The maximum atomic E-state index is 12.4. The molecule has 2 aromatic rings. The highest BCUT2D eigenvalue weighted by Gasteiger charge is 2.27. The van der Waals surface area contributed by atoms with E-state index in [1.54, 1.807) is 24.1 Å². The van der Waals surface area contributed by atoms with Crippen molar-refractivity contribution in [2.45, 2.75) is 32.2 Å². The second-order valence-electron chi connectivity index (χ2n) is 5.73. The fraction of sp³-hybridized carbons (Fsp3) is 0.438. The molecule has 1 N–H and O–H groups in total. The minimum atomic E-state index is -0.0865. The summed E-state index contributed by atoms with van der Waals surface area (Å²) in [6, 6.07) is 0. The molecular weight excluding hydrogens is 326 g/mol. The Kier molecular flexibility index (Phi) is 5.14. The monoisotopic (exact) mass is 345 g/mol. The third-order valence-corrected chi connectivity index (χ3v) is 4.88. The average Bonchev–Trinajstić information content (AvgIpc) is 3.14. The summed E-state index contributed by atoms with van der Waals surface area (Å²) in [5.41, 5.74) is 3.41. The number of piperidine rings is 1. The molecule has 7 nitrogen and oxygen atoms in total. The van der Waals surface area contributed by atoms with Gasteiger partial charge >= 0.3 is 0 Å². The van der Waals surface area contributed by atoms with E-state index in [-0.39, 0.29) is 17.7 Å². The van der Waals surface area contributed by atoms with Crippen LogP contribution < -0.4 is 5.32 Å². The molecule has 3 rings (SSSR count). The minimum absolute atomic E-state index is 0.0496. The van der Waals surface area contributed by atoms with Crippen molar-refractivity contribution in [3.05, 3.63) is 40.4 Å². The van der Waals surface area contributed by atoms with Gasteiger partial charge in [-0.25, -0.2) is 0 Å². The predicted octanol–water partition coefficient (Wildman–Crippen LogP) is 1.59. The highest BCUT2D eigenvalue weighted by atomic mass is 32.1. The molecule has 0 unspecified atom stereocenters. The lowest BCUT2D eigenvalue weighted by Crippen LogP contribution is -2.38. The third-order valence-electron chi connectivity index (χ3n) is 4.12. The first-order valence-electron chi connectivity index (χ1n) is 7.87. The molecule has 0 aromatic carbocycles. The quantitative estimate of drug-likeness (QED) is 0.909. The predicted molar refractivity (Wildman–Crippen MR) is 89.5 cm³/mol. The molecule has 24 heavy (non-hydrogen) atoms. The van der Waals surface area contributed by atoms with Crippen molar-refractivity contribution in [1.82, 2.24) is 25.2 Å². The molecular formula is C16H19N5O2S. The van der Waals surface area contributed by atoms with E-state index in [1.807, 2.05) is 4.90 Å². The number of likely N-dealkylation sites (tertiary alicyclic amines) is 1. The summed E-state index contributed by atoms with van der Waals surface area (Å²) in [6.07, 6.45) is 6.63. The molecule has 1 aliphatic rings. The smallest absolute Gasteiger partial charge is 0.265 e. The van der Waals surface area contributed by atoms with Gasteiger partial charge in [0.2, 0.25) is 5.91 Å². The third kappa shape index (κ3) is 3.76. The second-order valence-corrected chi connectivity index (χ2v) is 6.62. The van der Waals surface area contributed by atoms with Gasteiger partial charge in [-0.1, -0.05) is 0 Å². The standard InChI is InChI=1S/C16H19N5O2S/c1-11(22)20-8-13-15(19-5-4-18-13)12-2-6-21(7-3-12)16(23)14-9-17-10-24-14/h4-5,9-10,12H,2-3,6-8H2,1H3,(H,20,22). The van der Waals surface area contributed by atoms with Crippen LogP contribution >= 0.6 is 11.3 Å². The van der Waals surface area contributed by atoms with Crippen molar-refractivity contribution in [3.8, 4) is 0 Å². The summed E-state index contributed by atoms with van der Waals surface area (Å²) in [6.45, 7) is 3.26. The van der Waals surface area contributed by atoms with Gasteiger partial charge in [-0.15, -0.1) is 11.3 Å². The molecule has 1 saturated heterocycles. The number of nitrogens with one attached hydrogen (secondary N) is 1. The van der Waals surface area contributed by atoms with Crippen molar-refractivity contribution in [2.24, 2.45) is 0 Å². The first-order chi connectivity index (χ1) is 11.6. The van der Waals surface area contributed by atoms with Crippen molar-refractivity contribution >= 4 is 23.2 Å². The molecule has 8 heteroatoms. The molecule has 2 amide bonds. The Balaban J connectivity index is 1.64. The van der Waals surface area contributed by atoms with Crippen molar-refractivity contribution in [3.63, 3.8) is 0 Å². The second kappa shape index (κ2) is 7.48. The van der Waals surface area contributed by atoms with Crippen LogP contribution in [0, 0.1) is 0 Å². The summed E-state index contributed by atoms with van der Waals surface area (Å²) in [5.74, 6) is 0.220. The number of hydrogen-bond donors (Lipinski definition) is 1. The Bertz CT molecular complexity index is 711. The Hall–Kier alpha value is -2.35. The highest BCUT2D eigenvalue weighted by molar-refractivity contribution is 7.11. The van der Waals surface area contributed by atoms with Gasteiger partial charge in [0.25, 0.3) is 5.91 Å². The minimum Gasteiger partial charge on any atom is -0.351 e. The fourth-order valence-electron chi connectivity index (χ4n) is 2.90. The first-order valence-corrected chi connectivity index (χ1v) is 8.75. The van der Waals surface area contributed by atoms with Crippen LogP contribution in [0.25, 0.3) is 0 Å². The molecule has 0 saturated carbocycles. The molecule has 3 heterocycles. The van der Waals surface area contributed by atoms with Crippen LogP contribution in [0.15, 0.2) is 24.1 Å². The molecule has 0 spiro atoms. The van der Waals surface area contributed by atoms with Gasteiger partial charge in [-0.2, -0.15) is 0 Å². The lowest BCUT2D eigenvalue weighted by atomic mass is 9.91. The summed E-state index contributed by atoms with van der Waals surface area (Å²) < 4.78 is 0. The maximum absolute atomic E-state index is 12.4. The Labute approximate surface area is 144 Å². The topological polar surface area (TPSA) is 88.1 Å². The fourth-order valence-corrected chi connectivity index (χ4v) is 3.48. The zero-order valence-electron chi connectivity index (χ0n) is 13.4. The van der Waals surface area contributed by atoms with Crippen LogP contribution in [0.1, 0.15) is 46.7 Å². The number of carbonyl (C=O) groups excluding carboxylic acids is 2. The number of hydrogen-bond acceptors (Lipinski definition) is 6. The van der Waals surface area contributed by atoms with E-state index >= 15 is 0 Å². The van der Waals surface area contributed by atoms with E-state index in [2.05, 4.69) is 20.3 Å². The number of rotatable bonds is 4. The Morgan fingerprint density at radius 2 is 2.04 bits per heavy atom. The highest BCUT2D eigenvalue weighted by Crippen LogP contribution is 2.29. The molecule has 0 bridgehead atoms. The van der Waals surface area contributed by atoms with E-state index in [1.165, 1.54) is 18.3 Å². The van der Waals surface area contributed by atoms with E-state index in [0.717, 1.165) is 24.2 Å². The largest absolute Gasteiger partial charge is 0.351 e. The molecule has 0 atom stereocenters. The number of aromatic nitrogens is 3. The Morgan fingerprint density at radius 1 is 1.29 bits per heavy atom. The van der Waals surface area contributed by atoms with Crippen LogP contribution in [0.4, 0.5) is 0 Å². The summed E-state index contributed by atoms with van der Waals surface area (Å²) in [4.78, 5) is 38.8. The van der Waals surface area contributed by atoms with Gasteiger partial charge in [0.1, 0.15) is 4.88 Å². The van der Waals surface area contributed by atoms with E-state index in [0.29, 0.717) is 24.5 Å². The van der Waals surface area contributed by atoms with Crippen LogP contribution in [-0.4, -0.2) is 44.8 Å². The molecule has 1 aliphatic heterocycles. The molecule has 2 aromatic heterocycles. The number of nitrogens with zero attached hydrogens (tertiary/aromatic N) is 4. The molecule has 0 aliphatic carbocycles. The van der Waals surface area contributed by atoms with Gasteiger partial charge < -0.3 is 10.2 Å². The molecule has 0 radical (unpaired) electrons. The van der Waals surface area contributed by atoms with E-state index in [9.17, 15) is 9.59 Å². The Morgan fingerprint density at radius 3 is 2.71 bits per heavy atom. The van der Waals surface area contributed by atoms with E-state index in [4.69, 9.17) is 0 Å². The molecule has 126 valence electrons. The van der Waals surface area contributed by atoms with Gasteiger partial charge in [-0.3, -0.25) is 24.5 Å². The maximum Gasteiger partial charge on any atom is 0.265 e. The van der Waals surface area contributed by atoms with Crippen molar-refractivity contribution < 1.29 is 9.59 Å². The lowest BCUT2D eigenvalue weighted by molar-refractivity contribution is -0.119. The SMILES string of the molecule is CC(=O)NCc1nccnc1C1CCN(C(=O)c2cncs2)CC1. The van der Waals surface area contributed by atoms with Crippen molar-refractivity contribution in [2.75, 3.05) is 13.1 Å². The van der Waals surface area contributed by atoms with Crippen LogP contribution in [0.2, 0.25) is 0 Å². The number of thiazole rings is 1. The summed E-state index contributed by atoms with van der Waals surface area (Å²) in [7, 11) is 0. The zero-order valence-corrected chi connectivity index (χ0v) is 14.3. The van der Waals surface area contributed by atoms with Crippen molar-refractivity contribution in [1.29, 1.82) is 0 Å². The zero-order chi connectivity index (χ0) is 16.9. The summed E-state index contributed by atoms with van der Waals surface area (Å²) in [5, 5.41) is 2.78. The van der Waals surface area contributed by atoms with Gasteiger partial charge in [0.05, 0.1) is 29.6 Å². The first kappa shape index (κ1) is 16.5. The van der Waals surface area contributed by atoms with Crippen LogP contribution in [-0.2, 0) is 11.3 Å². The van der Waals surface area contributed by atoms with E-state index < -0.39 is 0 Å². The lowest BCUT2D eigenvalue weighted by Gasteiger charge is -2.31. The number of amides is 2. The van der Waals surface area contributed by atoms with Gasteiger partial charge in [0.15, 0.2) is 0 Å². The normalized spacial score (nSPS) is 15.3. The van der Waals surface area contributed by atoms with Gasteiger partial charge in [-0.05, 0) is 12.8 Å². The molecule has 1 fully saturated rings. The van der Waals surface area contributed by atoms with Gasteiger partial charge in [0, 0.05) is 38.3 Å². The average molecular weight is 345 g/mol. The summed E-state index contributed by atoms with van der Waals surface area (Å²) >= 11 is 1.37. The number of carbonyl (C=O) groups is 2.